The van der Waals surface area contributed by atoms with Crippen LogP contribution in [0, 0.1) is 5.92 Å². The molecule has 1 heterocycles. The second kappa shape index (κ2) is 7.80. The number of piperazine rings is 1. The van der Waals surface area contributed by atoms with Gasteiger partial charge in [-0.1, -0.05) is 35.2 Å². The van der Waals surface area contributed by atoms with Crippen molar-refractivity contribution in [3.8, 4) is 5.75 Å². The van der Waals surface area contributed by atoms with Gasteiger partial charge in [-0.2, -0.15) is 0 Å². The molecule has 1 aromatic carbocycles. The van der Waals surface area contributed by atoms with Crippen molar-refractivity contribution in [3.63, 3.8) is 0 Å². The third kappa shape index (κ3) is 3.66. The highest BCUT2D eigenvalue weighted by Gasteiger charge is 2.32. The second-order valence-corrected chi connectivity index (χ2v) is 7.37. The third-order valence-electron chi connectivity index (χ3n) is 5.16. The highest BCUT2D eigenvalue weighted by atomic mass is 79.9. The minimum Gasteiger partial charge on any atom is -0.497 e. The lowest BCUT2D eigenvalue weighted by Crippen LogP contribution is -2.47. The molecule has 3 nitrogen and oxygen atoms in total. The Kier molecular flexibility index (Phi) is 5.77. The molecule has 22 heavy (non-hydrogen) atoms. The van der Waals surface area contributed by atoms with Gasteiger partial charge < -0.3 is 10.1 Å². The molecule has 1 N–H and O–H groups in total. The first-order chi connectivity index (χ1) is 10.8. The average molecular weight is 367 g/mol. The van der Waals surface area contributed by atoms with Crippen molar-refractivity contribution >= 4 is 15.9 Å². The lowest BCUT2D eigenvalue weighted by Gasteiger charge is -2.41. The Hall–Kier alpha value is -0.580. The molecule has 1 saturated carbocycles. The number of ether oxygens (including phenoxy) is 1. The summed E-state index contributed by atoms with van der Waals surface area (Å²) in [6.45, 7) is 4.49. The molecule has 0 radical (unpaired) electrons. The molecule has 0 aromatic heterocycles. The van der Waals surface area contributed by atoms with E-state index in [-0.39, 0.29) is 0 Å². The lowest BCUT2D eigenvalue weighted by molar-refractivity contribution is 0.103. The molecule has 0 amide bonds. The molecule has 1 aromatic rings. The smallest absolute Gasteiger partial charge is 0.119 e. The van der Waals surface area contributed by atoms with E-state index in [1.54, 1.807) is 7.11 Å². The van der Waals surface area contributed by atoms with Gasteiger partial charge in [-0.3, -0.25) is 4.90 Å². The van der Waals surface area contributed by atoms with E-state index in [0.717, 1.165) is 37.8 Å². The van der Waals surface area contributed by atoms with Crippen molar-refractivity contribution in [2.75, 3.05) is 33.3 Å². The van der Waals surface area contributed by atoms with Gasteiger partial charge in [0.05, 0.1) is 7.11 Å². The van der Waals surface area contributed by atoms with E-state index in [2.05, 4.69) is 38.3 Å². The number of hydrogen-bond donors (Lipinski definition) is 1. The van der Waals surface area contributed by atoms with Crippen LogP contribution in [0.4, 0.5) is 0 Å². The molecule has 1 aliphatic heterocycles. The van der Waals surface area contributed by atoms with Gasteiger partial charge in [0.25, 0.3) is 0 Å². The van der Waals surface area contributed by atoms with Gasteiger partial charge in [-0.05, 0) is 42.5 Å². The van der Waals surface area contributed by atoms with Crippen LogP contribution in [0.1, 0.15) is 43.7 Å². The Balaban J connectivity index is 1.92. The maximum atomic E-state index is 5.48. The molecule has 3 rings (SSSR count). The van der Waals surface area contributed by atoms with E-state index >= 15 is 0 Å². The summed E-state index contributed by atoms with van der Waals surface area (Å²) >= 11 is 3.80. The van der Waals surface area contributed by atoms with Gasteiger partial charge in [-0.25, -0.2) is 0 Å². The van der Waals surface area contributed by atoms with Gasteiger partial charge in [0.2, 0.25) is 0 Å². The van der Waals surface area contributed by atoms with E-state index in [0.29, 0.717) is 6.04 Å². The van der Waals surface area contributed by atoms with E-state index in [4.69, 9.17) is 4.74 Å². The Labute approximate surface area is 142 Å². The number of nitrogens with zero attached hydrogens (tertiary/aromatic N) is 1. The Morgan fingerprint density at radius 3 is 2.59 bits per heavy atom. The molecule has 0 bridgehead atoms. The number of rotatable bonds is 4. The summed E-state index contributed by atoms with van der Waals surface area (Å²) < 4.78 is 6.71. The molecule has 1 saturated heterocycles. The summed E-state index contributed by atoms with van der Waals surface area (Å²) in [6.07, 6.45) is 6.89. The van der Waals surface area contributed by atoms with Gasteiger partial charge in [0.15, 0.2) is 0 Å². The summed E-state index contributed by atoms with van der Waals surface area (Å²) in [5.41, 5.74) is 1.41. The van der Waals surface area contributed by atoms with Gasteiger partial charge >= 0.3 is 0 Å². The third-order valence-corrected chi connectivity index (χ3v) is 5.89. The lowest BCUT2D eigenvalue weighted by atomic mass is 9.80. The van der Waals surface area contributed by atoms with Gasteiger partial charge in [0.1, 0.15) is 5.75 Å². The highest BCUT2D eigenvalue weighted by molar-refractivity contribution is 9.10. The van der Waals surface area contributed by atoms with Crippen molar-refractivity contribution in [3.05, 3.63) is 28.2 Å². The Morgan fingerprint density at radius 1 is 1.18 bits per heavy atom. The zero-order chi connectivity index (χ0) is 15.4. The number of halogens is 1. The predicted octanol–water partition coefficient (Wildman–Crippen LogP) is 3.98. The standard InChI is InChI=1S/C18H27BrN2O/c1-22-15-7-8-17(19)16(13-15)18(14-5-3-2-4-6-14)21-11-9-20-10-12-21/h7-8,13-14,18,20H,2-6,9-12H2,1H3/t18-/m1/s1. The fourth-order valence-corrected chi connectivity index (χ4v) is 4.52. The van der Waals surface area contributed by atoms with Crippen LogP contribution in [-0.4, -0.2) is 38.2 Å². The summed E-state index contributed by atoms with van der Waals surface area (Å²) in [4.78, 5) is 2.69. The van der Waals surface area contributed by atoms with Gasteiger partial charge in [-0.15, -0.1) is 0 Å². The van der Waals surface area contributed by atoms with Crippen molar-refractivity contribution in [1.29, 1.82) is 0 Å². The summed E-state index contributed by atoms with van der Waals surface area (Å²) in [7, 11) is 1.76. The van der Waals surface area contributed by atoms with Crippen molar-refractivity contribution in [1.82, 2.24) is 10.2 Å². The van der Waals surface area contributed by atoms with Crippen LogP contribution in [0.2, 0.25) is 0 Å². The quantitative estimate of drug-likeness (QED) is 0.871. The molecular weight excluding hydrogens is 340 g/mol. The summed E-state index contributed by atoms with van der Waals surface area (Å²) in [5, 5.41) is 3.48. The van der Waals surface area contributed by atoms with Crippen molar-refractivity contribution in [2.45, 2.75) is 38.1 Å². The van der Waals surface area contributed by atoms with Crippen molar-refractivity contribution in [2.24, 2.45) is 5.92 Å². The minimum absolute atomic E-state index is 0.520. The fraction of sp³-hybridized carbons (Fsp3) is 0.667. The zero-order valence-electron chi connectivity index (χ0n) is 13.5. The molecule has 2 aliphatic rings. The molecule has 122 valence electrons. The van der Waals surface area contributed by atoms with E-state index in [9.17, 15) is 0 Å². The first-order valence-electron chi connectivity index (χ1n) is 8.58. The largest absolute Gasteiger partial charge is 0.497 e. The number of nitrogens with one attached hydrogen (secondary N) is 1. The minimum atomic E-state index is 0.520. The average Bonchev–Trinajstić information content (AvgIpc) is 2.59. The molecule has 1 aliphatic carbocycles. The normalized spacial score (nSPS) is 22.5. The Bertz CT molecular complexity index is 464. The predicted molar refractivity (Wildman–Crippen MR) is 94.5 cm³/mol. The highest BCUT2D eigenvalue weighted by Crippen LogP contribution is 2.42. The van der Waals surface area contributed by atoms with Gasteiger partial charge in [0, 0.05) is 36.7 Å². The maximum Gasteiger partial charge on any atom is 0.119 e. The molecule has 0 spiro atoms. The molecular formula is C18H27BrN2O. The zero-order valence-corrected chi connectivity index (χ0v) is 15.1. The van der Waals surface area contributed by atoms with Crippen LogP contribution in [-0.2, 0) is 0 Å². The number of hydrogen-bond acceptors (Lipinski definition) is 3. The number of methoxy groups -OCH3 is 1. The van der Waals surface area contributed by atoms with Crippen LogP contribution in [0.5, 0.6) is 5.75 Å². The van der Waals surface area contributed by atoms with E-state index in [1.807, 2.05) is 6.07 Å². The van der Waals surface area contributed by atoms with Crippen molar-refractivity contribution < 1.29 is 4.74 Å². The van der Waals surface area contributed by atoms with Crippen LogP contribution in [0.15, 0.2) is 22.7 Å². The molecule has 0 unspecified atom stereocenters. The summed E-state index contributed by atoms with van der Waals surface area (Å²) in [6, 6.07) is 6.95. The van der Waals surface area contributed by atoms with E-state index < -0.39 is 0 Å². The maximum absolute atomic E-state index is 5.48. The number of benzene rings is 1. The van der Waals surface area contributed by atoms with Crippen LogP contribution < -0.4 is 10.1 Å². The van der Waals surface area contributed by atoms with Crippen LogP contribution >= 0.6 is 15.9 Å². The van der Waals surface area contributed by atoms with E-state index in [1.165, 1.54) is 42.1 Å². The fourth-order valence-electron chi connectivity index (χ4n) is 4.03. The SMILES string of the molecule is COc1ccc(Br)c([C@@H](C2CCCCC2)N2CCNCC2)c1. The molecule has 4 heteroatoms. The Morgan fingerprint density at radius 2 is 1.91 bits per heavy atom. The first-order valence-corrected chi connectivity index (χ1v) is 9.37. The monoisotopic (exact) mass is 366 g/mol. The topological polar surface area (TPSA) is 24.5 Å². The summed E-state index contributed by atoms with van der Waals surface area (Å²) in [5.74, 6) is 1.74. The second-order valence-electron chi connectivity index (χ2n) is 6.52. The van der Waals surface area contributed by atoms with Crippen LogP contribution in [0.25, 0.3) is 0 Å². The molecule has 2 fully saturated rings. The first kappa shape index (κ1) is 16.3. The van der Waals surface area contributed by atoms with Crippen LogP contribution in [0.3, 0.4) is 0 Å². The molecule has 1 atom stereocenters.